The van der Waals surface area contributed by atoms with E-state index in [1.165, 1.54) is 19.2 Å². The topological polar surface area (TPSA) is 73.6 Å². The first-order chi connectivity index (χ1) is 7.33. The third kappa shape index (κ3) is 3.23. The summed E-state index contributed by atoms with van der Waals surface area (Å²) in [4.78, 5) is 11.1. The fraction of sp³-hybridized carbons (Fsp3) is 0.300. The molecular formula is C10H12O5S. The summed E-state index contributed by atoms with van der Waals surface area (Å²) in [5, 5.41) is 0. The molecule has 0 bridgehead atoms. The van der Waals surface area contributed by atoms with Crippen molar-refractivity contribution in [3.05, 3.63) is 30.2 Å². The molecule has 0 atom stereocenters. The standard InChI is InChI=1S/C10H12O5S/c1-7(6-16(3,12)13)8-4-5-9(15-8)10(11)14-2/h4-5H,1,6H2,2-3H3. The van der Waals surface area contributed by atoms with Crippen molar-refractivity contribution in [2.24, 2.45) is 0 Å². The molecule has 88 valence electrons. The van der Waals surface area contributed by atoms with E-state index in [9.17, 15) is 13.2 Å². The molecule has 1 heterocycles. The molecule has 0 amide bonds. The van der Waals surface area contributed by atoms with Crippen LogP contribution >= 0.6 is 0 Å². The van der Waals surface area contributed by atoms with Crippen LogP contribution in [0.3, 0.4) is 0 Å². The maximum absolute atomic E-state index is 11.1. The summed E-state index contributed by atoms with van der Waals surface area (Å²) in [6.07, 6.45) is 1.10. The fourth-order valence-corrected chi connectivity index (χ4v) is 1.90. The lowest BCUT2D eigenvalue weighted by Gasteiger charge is -1.99. The maximum atomic E-state index is 11.1. The first-order valence-electron chi connectivity index (χ1n) is 4.37. The predicted molar refractivity (Wildman–Crippen MR) is 58.8 cm³/mol. The molecule has 0 spiro atoms. The van der Waals surface area contributed by atoms with E-state index < -0.39 is 15.8 Å². The molecule has 0 aliphatic rings. The SMILES string of the molecule is C=C(CS(C)(=O)=O)c1ccc(C(=O)OC)o1. The van der Waals surface area contributed by atoms with Gasteiger partial charge in [-0.05, 0) is 12.1 Å². The Kier molecular flexibility index (Phi) is 3.54. The Morgan fingerprint density at radius 3 is 2.50 bits per heavy atom. The summed E-state index contributed by atoms with van der Waals surface area (Å²) >= 11 is 0. The van der Waals surface area contributed by atoms with Crippen molar-refractivity contribution in [1.82, 2.24) is 0 Å². The van der Waals surface area contributed by atoms with Crippen molar-refractivity contribution in [3.8, 4) is 0 Å². The molecule has 1 aromatic rings. The van der Waals surface area contributed by atoms with Crippen molar-refractivity contribution < 1.29 is 22.4 Å². The number of carbonyl (C=O) groups is 1. The lowest BCUT2D eigenvalue weighted by Crippen LogP contribution is -2.04. The van der Waals surface area contributed by atoms with Gasteiger partial charge in [0.1, 0.15) is 5.76 Å². The minimum absolute atomic E-state index is 0.0205. The highest BCUT2D eigenvalue weighted by molar-refractivity contribution is 7.91. The van der Waals surface area contributed by atoms with Crippen LogP contribution in [0, 0.1) is 0 Å². The van der Waals surface area contributed by atoms with Crippen LogP contribution in [0.5, 0.6) is 0 Å². The van der Waals surface area contributed by atoms with Gasteiger partial charge in [0.15, 0.2) is 9.84 Å². The van der Waals surface area contributed by atoms with Gasteiger partial charge in [0.2, 0.25) is 5.76 Å². The first-order valence-corrected chi connectivity index (χ1v) is 6.43. The van der Waals surface area contributed by atoms with Crippen molar-refractivity contribution in [2.75, 3.05) is 19.1 Å². The Morgan fingerprint density at radius 2 is 2.00 bits per heavy atom. The number of ether oxygens (including phenoxy) is 1. The van der Waals surface area contributed by atoms with Gasteiger partial charge >= 0.3 is 5.97 Å². The third-order valence-corrected chi connectivity index (χ3v) is 2.65. The minimum Gasteiger partial charge on any atom is -0.463 e. The quantitative estimate of drug-likeness (QED) is 0.742. The zero-order chi connectivity index (χ0) is 12.3. The van der Waals surface area contributed by atoms with Gasteiger partial charge < -0.3 is 9.15 Å². The summed E-state index contributed by atoms with van der Waals surface area (Å²) in [7, 11) is -1.93. The van der Waals surface area contributed by atoms with Gasteiger partial charge in [-0.1, -0.05) is 6.58 Å². The summed E-state index contributed by atoms with van der Waals surface area (Å²) in [5.74, 6) is -0.530. The van der Waals surface area contributed by atoms with Crippen molar-refractivity contribution in [1.29, 1.82) is 0 Å². The van der Waals surface area contributed by atoms with Gasteiger partial charge in [0.25, 0.3) is 0 Å². The average molecular weight is 244 g/mol. The second-order valence-electron chi connectivity index (χ2n) is 3.33. The highest BCUT2D eigenvalue weighted by Gasteiger charge is 2.15. The summed E-state index contributed by atoms with van der Waals surface area (Å²) in [5.41, 5.74) is 0.303. The molecular weight excluding hydrogens is 232 g/mol. The van der Waals surface area contributed by atoms with Crippen LogP contribution in [0.2, 0.25) is 0 Å². The highest BCUT2D eigenvalue weighted by Crippen LogP contribution is 2.18. The number of rotatable bonds is 4. The second-order valence-corrected chi connectivity index (χ2v) is 5.47. The van der Waals surface area contributed by atoms with Crippen LogP contribution in [-0.2, 0) is 14.6 Å². The number of hydrogen-bond donors (Lipinski definition) is 0. The fourth-order valence-electron chi connectivity index (χ4n) is 1.13. The molecule has 0 unspecified atom stereocenters. The van der Waals surface area contributed by atoms with E-state index in [1.54, 1.807) is 0 Å². The Hall–Kier alpha value is -1.56. The van der Waals surface area contributed by atoms with Crippen LogP contribution in [0.4, 0.5) is 0 Å². The molecule has 0 saturated carbocycles. The lowest BCUT2D eigenvalue weighted by molar-refractivity contribution is 0.0564. The molecule has 0 fully saturated rings. The largest absolute Gasteiger partial charge is 0.463 e. The molecule has 0 radical (unpaired) electrons. The molecule has 1 rings (SSSR count). The third-order valence-electron chi connectivity index (χ3n) is 1.78. The molecule has 0 aliphatic carbocycles. The van der Waals surface area contributed by atoms with Gasteiger partial charge in [0, 0.05) is 11.8 Å². The molecule has 5 nitrogen and oxygen atoms in total. The molecule has 0 aromatic carbocycles. The molecule has 0 N–H and O–H groups in total. The number of methoxy groups -OCH3 is 1. The second kappa shape index (κ2) is 4.52. The van der Waals surface area contributed by atoms with Crippen LogP contribution in [-0.4, -0.2) is 33.5 Å². The molecule has 16 heavy (non-hydrogen) atoms. The summed E-state index contributed by atoms with van der Waals surface area (Å²) in [6.45, 7) is 3.58. The number of sulfone groups is 1. The van der Waals surface area contributed by atoms with Crippen LogP contribution in [0.25, 0.3) is 5.57 Å². The van der Waals surface area contributed by atoms with E-state index in [1.807, 2.05) is 0 Å². The van der Waals surface area contributed by atoms with E-state index in [2.05, 4.69) is 11.3 Å². The van der Waals surface area contributed by atoms with Crippen LogP contribution in [0.1, 0.15) is 16.3 Å². The number of hydrogen-bond acceptors (Lipinski definition) is 5. The lowest BCUT2D eigenvalue weighted by atomic mass is 10.3. The molecule has 0 aliphatic heterocycles. The minimum atomic E-state index is -3.16. The monoisotopic (exact) mass is 244 g/mol. The maximum Gasteiger partial charge on any atom is 0.373 e. The zero-order valence-corrected chi connectivity index (χ0v) is 9.83. The summed E-state index contributed by atoms with van der Waals surface area (Å²) in [6, 6.07) is 2.90. The van der Waals surface area contributed by atoms with E-state index >= 15 is 0 Å². The van der Waals surface area contributed by atoms with Crippen molar-refractivity contribution in [2.45, 2.75) is 0 Å². The number of carbonyl (C=O) groups excluding carboxylic acids is 1. The Morgan fingerprint density at radius 1 is 1.44 bits per heavy atom. The molecule has 6 heteroatoms. The summed E-state index contributed by atoms with van der Waals surface area (Å²) < 4.78 is 31.6. The molecule has 1 aromatic heterocycles. The van der Waals surface area contributed by atoms with Crippen LogP contribution in [0.15, 0.2) is 23.1 Å². The van der Waals surface area contributed by atoms with Gasteiger partial charge in [-0.15, -0.1) is 0 Å². The average Bonchev–Trinajstić information content (AvgIpc) is 2.62. The van der Waals surface area contributed by atoms with Gasteiger partial charge in [-0.3, -0.25) is 0 Å². The van der Waals surface area contributed by atoms with E-state index in [0.717, 1.165) is 6.26 Å². The van der Waals surface area contributed by atoms with Gasteiger partial charge in [-0.2, -0.15) is 0 Å². The Labute approximate surface area is 93.6 Å². The van der Waals surface area contributed by atoms with Crippen LogP contribution < -0.4 is 0 Å². The van der Waals surface area contributed by atoms with Crippen molar-refractivity contribution in [3.63, 3.8) is 0 Å². The zero-order valence-electron chi connectivity index (χ0n) is 9.02. The van der Waals surface area contributed by atoms with Gasteiger partial charge in [-0.25, -0.2) is 13.2 Å². The van der Waals surface area contributed by atoms with E-state index in [0.29, 0.717) is 5.57 Å². The number of furan rings is 1. The Balaban J connectivity index is 2.87. The first kappa shape index (κ1) is 12.5. The predicted octanol–water partition coefficient (Wildman–Crippen LogP) is 1.12. The molecule has 0 saturated heterocycles. The number of esters is 1. The Bertz CT molecular complexity index is 509. The van der Waals surface area contributed by atoms with Crippen molar-refractivity contribution >= 4 is 21.4 Å². The smallest absolute Gasteiger partial charge is 0.373 e. The highest BCUT2D eigenvalue weighted by atomic mass is 32.2. The van der Waals surface area contributed by atoms with E-state index in [-0.39, 0.29) is 17.3 Å². The van der Waals surface area contributed by atoms with E-state index in [4.69, 9.17) is 4.42 Å². The van der Waals surface area contributed by atoms with Gasteiger partial charge in [0.05, 0.1) is 12.9 Å². The normalized spacial score (nSPS) is 11.1.